The molecule has 0 aliphatic carbocycles. The molecule has 0 unspecified atom stereocenters. The van der Waals surface area contributed by atoms with Crippen molar-refractivity contribution in [1.82, 2.24) is 9.80 Å². The second-order valence-corrected chi connectivity index (χ2v) is 8.66. The fourth-order valence-corrected chi connectivity index (χ4v) is 4.73. The first-order valence-corrected chi connectivity index (χ1v) is 10.5. The molecule has 0 radical (unpaired) electrons. The molecule has 2 fully saturated rings. The molecule has 1 aromatic carbocycles. The summed E-state index contributed by atoms with van der Waals surface area (Å²) in [4.78, 5) is 42.4. The average Bonchev–Trinajstić information content (AvgIpc) is 2.89. The summed E-state index contributed by atoms with van der Waals surface area (Å²) in [6.45, 7) is 1.24. The maximum atomic E-state index is 12.6. The van der Waals surface area contributed by atoms with Crippen LogP contribution in [0.3, 0.4) is 0 Å². The second-order valence-electron chi connectivity index (χ2n) is 6.81. The van der Waals surface area contributed by atoms with Crippen LogP contribution in [0.25, 0.3) is 6.08 Å². The molecular weight excluding hydrogens is 430 g/mol. The molecule has 144 valence electrons. The van der Waals surface area contributed by atoms with E-state index in [4.69, 9.17) is 0 Å². The molecule has 3 amide bonds. The number of imide groups is 1. The standard InChI is InChI=1S/C19H22BrN3O3S/c1-21(2)15-7-6-13(10-14(15)20)11-16-18(25)23(19(26)27-16)12-17(24)22-8-4-3-5-9-22/h6-7,10-11H,3-5,8-9,12H2,1-2H3/b16-11-. The van der Waals surface area contributed by atoms with Gasteiger partial charge in [-0.3, -0.25) is 19.3 Å². The van der Waals surface area contributed by atoms with Crippen molar-refractivity contribution < 1.29 is 14.4 Å². The van der Waals surface area contributed by atoms with Crippen molar-refractivity contribution in [3.63, 3.8) is 0 Å². The maximum absolute atomic E-state index is 12.6. The van der Waals surface area contributed by atoms with E-state index >= 15 is 0 Å². The van der Waals surface area contributed by atoms with E-state index in [0.29, 0.717) is 18.0 Å². The van der Waals surface area contributed by atoms with Crippen molar-refractivity contribution >= 4 is 56.5 Å². The summed E-state index contributed by atoms with van der Waals surface area (Å²) in [5, 5.41) is -0.388. The molecule has 0 atom stereocenters. The van der Waals surface area contributed by atoms with Crippen LogP contribution in [-0.2, 0) is 9.59 Å². The van der Waals surface area contributed by atoms with Crippen LogP contribution in [0.15, 0.2) is 27.6 Å². The Morgan fingerprint density at radius 3 is 2.56 bits per heavy atom. The van der Waals surface area contributed by atoms with Crippen LogP contribution >= 0.6 is 27.7 Å². The van der Waals surface area contributed by atoms with Gasteiger partial charge >= 0.3 is 0 Å². The summed E-state index contributed by atoms with van der Waals surface area (Å²) in [5.41, 5.74) is 1.84. The van der Waals surface area contributed by atoms with Crippen LogP contribution in [0.4, 0.5) is 10.5 Å². The Balaban J connectivity index is 1.72. The molecule has 6 nitrogen and oxygen atoms in total. The normalized spacial score (nSPS) is 19.1. The van der Waals surface area contributed by atoms with Crippen molar-refractivity contribution in [3.8, 4) is 0 Å². The van der Waals surface area contributed by atoms with Crippen molar-refractivity contribution in [1.29, 1.82) is 0 Å². The topological polar surface area (TPSA) is 60.9 Å². The zero-order chi connectivity index (χ0) is 19.6. The van der Waals surface area contributed by atoms with Gasteiger partial charge in [0, 0.05) is 31.7 Å². The molecule has 0 N–H and O–H groups in total. The number of hydrogen-bond acceptors (Lipinski definition) is 5. The van der Waals surface area contributed by atoms with Crippen LogP contribution in [0.1, 0.15) is 24.8 Å². The Kier molecular flexibility index (Phi) is 6.26. The zero-order valence-corrected chi connectivity index (χ0v) is 17.8. The Bertz CT molecular complexity index is 803. The van der Waals surface area contributed by atoms with Gasteiger partial charge in [0.15, 0.2) is 0 Å². The SMILES string of the molecule is CN(C)c1ccc(/C=C2\SC(=O)N(CC(=O)N3CCCCC3)C2=O)cc1Br. The first-order valence-electron chi connectivity index (χ1n) is 8.87. The summed E-state index contributed by atoms with van der Waals surface area (Å²) < 4.78 is 0.903. The Morgan fingerprint density at radius 1 is 1.22 bits per heavy atom. The minimum Gasteiger partial charge on any atom is -0.377 e. The van der Waals surface area contributed by atoms with E-state index in [2.05, 4.69) is 15.9 Å². The van der Waals surface area contributed by atoms with Gasteiger partial charge in [0.1, 0.15) is 6.54 Å². The van der Waals surface area contributed by atoms with Gasteiger partial charge in [-0.1, -0.05) is 6.07 Å². The number of halogens is 1. The number of rotatable bonds is 4. The second kappa shape index (κ2) is 8.48. The van der Waals surface area contributed by atoms with E-state index in [1.165, 1.54) is 0 Å². The molecule has 1 aromatic rings. The molecule has 8 heteroatoms. The highest BCUT2D eigenvalue weighted by molar-refractivity contribution is 9.10. The highest BCUT2D eigenvalue weighted by Crippen LogP contribution is 2.33. The minimum atomic E-state index is -0.400. The molecule has 3 rings (SSSR count). The third-order valence-corrected chi connectivity index (χ3v) is 6.17. The zero-order valence-electron chi connectivity index (χ0n) is 15.4. The number of anilines is 1. The van der Waals surface area contributed by atoms with E-state index in [-0.39, 0.29) is 17.7 Å². The van der Waals surface area contributed by atoms with E-state index in [0.717, 1.165) is 51.6 Å². The number of thioether (sulfide) groups is 1. The third-order valence-electron chi connectivity index (χ3n) is 4.63. The monoisotopic (exact) mass is 451 g/mol. The van der Waals surface area contributed by atoms with Crippen LogP contribution in [0.2, 0.25) is 0 Å². The number of benzene rings is 1. The van der Waals surface area contributed by atoms with Gasteiger partial charge in [0.2, 0.25) is 5.91 Å². The number of carbonyl (C=O) groups excluding carboxylic acids is 3. The number of amides is 3. The van der Waals surface area contributed by atoms with Crippen LogP contribution in [0, 0.1) is 0 Å². The molecule has 2 aliphatic heterocycles. The summed E-state index contributed by atoms with van der Waals surface area (Å²) in [6.07, 6.45) is 4.77. The predicted molar refractivity (Wildman–Crippen MR) is 112 cm³/mol. The lowest BCUT2D eigenvalue weighted by molar-refractivity contribution is -0.136. The number of piperidine rings is 1. The molecule has 2 aliphatic rings. The fraction of sp³-hybridized carbons (Fsp3) is 0.421. The van der Waals surface area contributed by atoms with Gasteiger partial charge in [0.05, 0.1) is 10.6 Å². The van der Waals surface area contributed by atoms with Crippen LogP contribution < -0.4 is 4.90 Å². The quantitative estimate of drug-likeness (QED) is 0.654. The molecular formula is C19H22BrN3O3S. The van der Waals surface area contributed by atoms with Crippen molar-refractivity contribution in [2.24, 2.45) is 0 Å². The fourth-order valence-electron chi connectivity index (χ4n) is 3.14. The number of hydrogen-bond donors (Lipinski definition) is 0. The number of likely N-dealkylation sites (tertiary alicyclic amines) is 1. The summed E-state index contributed by atoms with van der Waals surface area (Å²) in [5.74, 6) is -0.556. The van der Waals surface area contributed by atoms with E-state index in [9.17, 15) is 14.4 Å². The smallest absolute Gasteiger partial charge is 0.294 e. The minimum absolute atomic E-state index is 0.156. The molecule has 27 heavy (non-hydrogen) atoms. The van der Waals surface area contributed by atoms with Gasteiger partial charge in [-0.2, -0.15) is 0 Å². The van der Waals surface area contributed by atoms with Crippen LogP contribution in [-0.4, -0.2) is 60.6 Å². The summed E-state index contributed by atoms with van der Waals surface area (Å²) >= 11 is 4.41. The van der Waals surface area contributed by atoms with E-state index < -0.39 is 5.91 Å². The van der Waals surface area contributed by atoms with Crippen molar-refractivity contribution in [2.75, 3.05) is 38.6 Å². The van der Waals surface area contributed by atoms with E-state index in [1.54, 1.807) is 11.0 Å². The maximum Gasteiger partial charge on any atom is 0.294 e. The van der Waals surface area contributed by atoms with Gasteiger partial charge in [-0.05, 0) is 70.7 Å². The molecule has 0 saturated carbocycles. The molecule has 0 bridgehead atoms. The van der Waals surface area contributed by atoms with Crippen LogP contribution in [0.5, 0.6) is 0 Å². The predicted octanol–water partition coefficient (Wildman–Crippen LogP) is 3.56. The first-order chi connectivity index (χ1) is 12.9. The van der Waals surface area contributed by atoms with Gasteiger partial charge in [-0.15, -0.1) is 0 Å². The third kappa shape index (κ3) is 4.55. The number of nitrogens with zero attached hydrogens (tertiary/aromatic N) is 3. The Morgan fingerprint density at radius 2 is 1.93 bits per heavy atom. The lowest BCUT2D eigenvalue weighted by Gasteiger charge is -2.27. The largest absolute Gasteiger partial charge is 0.377 e. The van der Waals surface area contributed by atoms with E-state index in [1.807, 2.05) is 37.2 Å². The highest BCUT2D eigenvalue weighted by atomic mass is 79.9. The molecule has 2 saturated heterocycles. The molecule has 0 aromatic heterocycles. The van der Waals surface area contributed by atoms with Crippen molar-refractivity contribution in [2.45, 2.75) is 19.3 Å². The van der Waals surface area contributed by atoms with Crippen molar-refractivity contribution in [3.05, 3.63) is 33.1 Å². The summed E-state index contributed by atoms with van der Waals surface area (Å²) in [6, 6.07) is 5.75. The average molecular weight is 452 g/mol. The first kappa shape index (κ1) is 19.9. The highest BCUT2D eigenvalue weighted by Gasteiger charge is 2.37. The van der Waals surface area contributed by atoms with Gasteiger partial charge < -0.3 is 9.80 Å². The van der Waals surface area contributed by atoms with Gasteiger partial charge in [0.25, 0.3) is 11.1 Å². The number of carbonyl (C=O) groups is 3. The summed E-state index contributed by atoms with van der Waals surface area (Å²) in [7, 11) is 3.90. The Labute approximate surface area is 171 Å². The van der Waals surface area contributed by atoms with Gasteiger partial charge in [-0.25, -0.2) is 0 Å². The Hall–Kier alpha value is -1.80. The molecule has 0 spiro atoms. The lowest BCUT2D eigenvalue weighted by Crippen LogP contribution is -2.44. The lowest BCUT2D eigenvalue weighted by atomic mass is 10.1. The molecule has 2 heterocycles.